The highest BCUT2D eigenvalue weighted by molar-refractivity contribution is 14.0. The quantitative estimate of drug-likeness (QED) is 0.256. The van der Waals surface area contributed by atoms with Gasteiger partial charge in [0.25, 0.3) is 0 Å². The second-order valence-electron chi connectivity index (χ2n) is 7.55. The molecule has 0 saturated heterocycles. The first kappa shape index (κ1) is 26.6. The Hall–Kier alpha value is -1.42. The average molecular weight is 535 g/mol. The van der Waals surface area contributed by atoms with Gasteiger partial charge in [-0.15, -0.1) is 24.0 Å². The number of benzene rings is 1. The van der Waals surface area contributed by atoms with Gasteiger partial charge in [0.2, 0.25) is 5.75 Å². The van der Waals surface area contributed by atoms with E-state index in [1.165, 1.54) is 25.7 Å². The van der Waals surface area contributed by atoms with Gasteiger partial charge in [-0.1, -0.05) is 18.9 Å². The van der Waals surface area contributed by atoms with E-state index in [-0.39, 0.29) is 24.0 Å². The van der Waals surface area contributed by atoms with E-state index in [2.05, 4.69) is 15.6 Å². The summed E-state index contributed by atoms with van der Waals surface area (Å²) < 4.78 is 21.7. The van der Waals surface area contributed by atoms with E-state index in [1.54, 1.807) is 28.4 Å². The topological polar surface area (TPSA) is 73.3 Å². The predicted molar refractivity (Wildman–Crippen MR) is 132 cm³/mol. The van der Waals surface area contributed by atoms with Gasteiger partial charge >= 0.3 is 0 Å². The van der Waals surface area contributed by atoms with Crippen molar-refractivity contribution in [1.29, 1.82) is 0 Å². The first-order chi connectivity index (χ1) is 14.1. The van der Waals surface area contributed by atoms with Crippen molar-refractivity contribution in [2.45, 2.75) is 38.5 Å². The zero-order valence-corrected chi connectivity index (χ0v) is 21.3. The number of hydrogen-bond donors (Lipinski definition) is 2. The van der Waals surface area contributed by atoms with E-state index >= 15 is 0 Å². The van der Waals surface area contributed by atoms with Crippen molar-refractivity contribution in [3.63, 3.8) is 0 Å². The highest BCUT2D eigenvalue weighted by Gasteiger charge is 2.33. The summed E-state index contributed by atoms with van der Waals surface area (Å²) in [6.07, 6.45) is 6.98. The molecule has 30 heavy (non-hydrogen) atoms. The van der Waals surface area contributed by atoms with Gasteiger partial charge in [-0.25, -0.2) is 0 Å². The monoisotopic (exact) mass is 535 g/mol. The van der Waals surface area contributed by atoms with Crippen LogP contribution in [-0.2, 0) is 11.2 Å². The zero-order chi connectivity index (χ0) is 21.1. The van der Waals surface area contributed by atoms with Crippen molar-refractivity contribution < 1.29 is 18.9 Å². The van der Waals surface area contributed by atoms with Gasteiger partial charge in [0.15, 0.2) is 17.5 Å². The van der Waals surface area contributed by atoms with Crippen LogP contribution < -0.4 is 24.8 Å². The van der Waals surface area contributed by atoms with Crippen molar-refractivity contribution >= 4 is 29.9 Å². The van der Waals surface area contributed by atoms with E-state index in [9.17, 15) is 0 Å². The predicted octanol–water partition coefficient (Wildman–Crippen LogP) is 3.63. The smallest absolute Gasteiger partial charge is 0.203 e. The van der Waals surface area contributed by atoms with Crippen LogP contribution in [0.4, 0.5) is 0 Å². The van der Waals surface area contributed by atoms with E-state index in [0.717, 1.165) is 44.1 Å². The number of methoxy groups -OCH3 is 4. The molecule has 0 unspecified atom stereocenters. The van der Waals surface area contributed by atoms with E-state index in [1.807, 2.05) is 19.2 Å². The molecule has 1 saturated carbocycles. The van der Waals surface area contributed by atoms with Crippen LogP contribution in [0.15, 0.2) is 17.1 Å². The van der Waals surface area contributed by atoms with Crippen LogP contribution in [0.5, 0.6) is 17.2 Å². The Bertz CT molecular complexity index is 664. The maximum absolute atomic E-state index is 5.57. The van der Waals surface area contributed by atoms with Crippen LogP contribution >= 0.6 is 24.0 Å². The SMILES string of the molecule is CN=C(NCCc1ccc(OC)c(OC)c1OC)NCC1(CCOC)CCCC1.I. The lowest BCUT2D eigenvalue weighted by Gasteiger charge is -2.30. The van der Waals surface area contributed by atoms with Gasteiger partial charge in [-0.05, 0) is 37.2 Å². The molecule has 0 amide bonds. The standard InChI is InChI=1S/C22H37N3O4.HI/c1-23-21(25-16-22(13-15-26-2)11-6-7-12-22)24-14-10-17-8-9-18(27-3)20(29-5)19(17)28-4;/h8-9H,6-7,10-16H2,1-5H3,(H2,23,24,25);1H. The summed E-state index contributed by atoms with van der Waals surface area (Å²) in [5, 5.41) is 6.94. The largest absolute Gasteiger partial charge is 0.493 e. The molecule has 0 aromatic heterocycles. The fourth-order valence-electron chi connectivity index (χ4n) is 4.13. The van der Waals surface area contributed by atoms with Gasteiger partial charge in [0.1, 0.15) is 0 Å². The molecule has 0 radical (unpaired) electrons. The van der Waals surface area contributed by atoms with Gasteiger partial charge in [-0.3, -0.25) is 4.99 Å². The van der Waals surface area contributed by atoms with Crippen LogP contribution in [0.25, 0.3) is 0 Å². The van der Waals surface area contributed by atoms with E-state index < -0.39 is 0 Å². The maximum atomic E-state index is 5.57. The highest BCUT2D eigenvalue weighted by atomic mass is 127. The van der Waals surface area contributed by atoms with Crippen LogP contribution in [-0.4, -0.2) is 61.1 Å². The Balaban J connectivity index is 0.00000450. The molecule has 2 N–H and O–H groups in total. The number of nitrogens with zero attached hydrogens (tertiary/aromatic N) is 1. The first-order valence-electron chi connectivity index (χ1n) is 10.3. The van der Waals surface area contributed by atoms with Crippen molar-refractivity contribution in [2.75, 3.05) is 55.2 Å². The summed E-state index contributed by atoms with van der Waals surface area (Å²) in [6, 6.07) is 3.92. The van der Waals surface area contributed by atoms with Gasteiger partial charge in [0.05, 0.1) is 21.3 Å². The molecule has 8 heteroatoms. The Kier molecular flexibility index (Phi) is 12.2. The molecular formula is C22H38IN3O4. The van der Waals surface area contributed by atoms with Crippen LogP contribution in [0, 0.1) is 5.41 Å². The number of hydrogen-bond acceptors (Lipinski definition) is 5. The molecule has 0 heterocycles. The van der Waals surface area contributed by atoms with Crippen LogP contribution in [0.2, 0.25) is 0 Å². The first-order valence-corrected chi connectivity index (χ1v) is 10.3. The fourth-order valence-corrected chi connectivity index (χ4v) is 4.13. The third kappa shape index (κ3) is 7.08. The van der Waals surface area contributed by atoms with Crippen molar-refractivity contribution in [1.82, 2.24) is 10.6 Å². The lowest BCUT2D eigenvalue weighted by atomic mass is 9.83. The molecule has 1 aliphatic rings. The minimum atomic E-state index is 0. The van der Waals surface area contributed by atoms with Crippen LogP contribution in [0.3, 0.4) is 0 Å². The summed E-state index contributed by atoms with van der Waals surface area (Å²) in [5.74, 6) is 2.82. The molecule has 172 valence electrons. The number of ether oxygens (including phenoxy) is 4. The second kappa shape index (κ2) is 13.8. The molecule has 2 rings (SSSR count). The third-order valence-electron chi connectivity index (χ3n) is 5.83. The highest BCUT2D eigenvalue weighted by Crippen LogP contribution is 2.41. The molecule has 1 fully saturated rings. The maximum Gasteiger partial charge on any atom is 0.203 e. The van der Waals surface area contributed by atoms with Crippen molar-refractivity contribution in [3.8, 4) is 17.2 Å². The molecule has 7 nitrogen and oxygen atoms in total. The molecule has 0 atom stereocenters. The fraction of sp³-hybridized carbons (Fsp3) is 0.682. The molecular weight excluding hydrogens is 497 g/mol. The summed E-state index contributed by atoms with van der Waals surface area (Å²) in [6.45, 7) is 2.47. The molecule has 0 spiro atoms. The zero-order valence-electron chi connectivity index (χ0n) is 19.0. The third-order valence-corrected chi connectivity index (χ3v) is 5.83. The number of nitrogens with one attached hydrogen (secondary N) is 2. The Morgan fingerprint density at radius 1 is 1.00 bits per heavy atom. The normalized spacial score (nSPS) is 15.3. The van der Waals surface area contributed by atoms with Crippen molar-refractivity contribution in [2.24, 2.45) is 10.4 Å². The molecule has 1 aliphatic carbocycles. The van der Waals surface area contributed by atoms with Crippen LogP contribution in [0.1, 0.15) is 37.7 Å². The summed E-state index contributed by atoms with van der Waals surface area (Å²) >= 11 is 0. The summed E-state index contributed by atoms with van der Waals surface area (Å²) in [4.78, 5) is 4.38. The summed E-state index contributed by atoms with van der Waals surface area (Å²) in [5.41, 5.74) is 1.38. The van der Waals surface area contributed by atoms with E-state index in [0.29, 0.717) is 22.7 Å². The summed E-state index contributed by atoms with van der Waals surface area (Å²) in [7, 11) is 8.48. The van der Waals surface area contributed by atoms with Gasteiger partial charge < -0.3 is 29.6 Å². The van der Waals surface area contributed by atoms with Crippen molar-refractivity contribution in [3.05, 3.63) is 17.7 Å². The van der Waals surface area contributed by atoms with Gasteiger partial charge in [0, 0.05) is 39.4 Å². The van der Waals surface area contributed by atoms with E-state index in [4.69, 9.17) is 18.9 Å². The Morgan fingerprint density at radius 2 is 1.70 bits per heavy atom. The average Bonchev–Trinajstić information content (AvgIpc) is 3.23. The molecule has 1 aromatic rings. The second-order valence-corrected chi connectivity index (χ2v) is 7.55. The number of aliphatic imine (C=N–C) groups is 1. The molecule has 0 aliphatic heterocycles. The lowest BCUT2D eigenvalue weighted by Crippen LogP contribution is -2.43. The Morgan fingerprint density at radius 3 is 2.27 bits per heavy atom. The molecule has 1 aromatic carbocycles. The minimum Gasteiger partial charge on any atom is -0.493 e. The Labute approximate surface area is 198 Å². The number of rotatable bonds is 11. The number of halogens is 1. The van der Waals surface area contributed by atoms with Gasteiger partial charge in [-0.2, -0.15) is 0 Å². The minimum absolute atomic E-state index is 0. The number of guanidine groups is 1. The molecule has 0 bridgehead atoms. The lowest BCUT2D eigenvalue weighted by molar-refractivity contribution is 0.138.